The van der Waals surface area contributed by atoms with Crippen LogP contribution in [0.15, 0.2) is 24.5 Å². The van der Waals surface area contributed by atoms with Gasteiger partial charge in [-0.25, -0.2) is 4.57 Å². The third kappa shape index (κ3) is 4.57. The van der Waals surface area contributed by atoms with Crippen molar-refractivity contribution < 1.29 is 28.5 Å². The summed E-state index contributed by atoms with van der Waals surface area (Å²) in [5, 5.41) is 0. The third-order valence-corrected chi connectivity index (χ3v) is 1.97. The van der Waals surface area contributed by atoms with Crippen LogP contribution in [0.25, 0.3) is 0 Å². The summed E-state index contributed by atoms with van der Waals surface area (Å²) < 4.78 is 2.20. The van der Waals surface area contributed by atoms with Crippen LogP contribution in [-0.2, 0) is 13.1 Å². The first kappa shape index (κ1) is 12.8. The summed E-state index contributed by atoms with van der Waals surface area (Å²) in [6.45, 7) is 3.95. The molecule has 13 heavy (non-hydrogen) atoms. The molecule has 1 aromatic heterocycles. The van der Waals surface area contributed by atoms with Gasteiger partial charge in [0.15, 0.2) is 12.4 Å². The van der Waals surface area contributed by atoms with Crippen LogP contribution in [0.2, 0.25) is 0 Å². The van der Waals surface area contributed by atoms with Crippen molar-refractivity contribution in [2.24, 2.45) is 5.73 Å². The summed E-state index contributed by atoms with van der Waals surface area (Å²) in [5.74, 6) is 0. The second-order valence-electron chi connectivity index (χ2n) is 3.00. The van der Waals surface area contributed by atoms with E-state index in [1.807, 2.05) is 0 Å². The van der Waals surface area contributed by atoms with Gasteiger partial charge in [0.1, 0.15) is 6.54 Å². The molecule has 0 fully saturated rings. The Bertz CT molecular complexity index is 221. The standard InChI is InChI=1S/C10H17N2.HI/c1-2-3-6-12-7-4-10(9-11)5-8-12;/h4-5,7-8H,2-3,6,9,11H2,1H3;1H/q+1;/p-1. The Balaban J connectivity index is 0.00000144. The van der Waals surface area contributed by atoms with Crippen molar-refractivity contribution in [3.05, 3.63) is 30.1 Å². The Kier molecular flexibility index (Phi) is 7.17. The largest absolute Gasteiger partial charge is 1.00 e. The van der Waals surface area contributed by atoms with Crippen LogP contribution in [0.1, 0.15) is 25.3 Å². The molecule has 1 aromatic rings. The van der Waals surface area contributed by atoms with Crippen molar-refractivity contribution in [3.63, 3.8) is 0 Å². The predicted octanol–water partition coefficient (Wildman–Crippen LogP) is -1.76. The molecule has 2 N–H and O–H groups in total. The van der Waals surface area contributed by atoms with Gasteiger partial charge < -0.3 is 29.7 Å². The molecule has 74 valence electrons. The fourth-order valence-electron chi connectivity index (χ4n) is 1.11. The average molecular weight is 292 g/mol. The molecular formula is C10H17IN2. The average Bonchev–Trinajstić information content (AvgIpc) is 2.15. The van der Waals surface area contributed by atoms with Gasteiger partial charge in [-0.1, -0.05) is 13.3 Å². The van der Waals surface area contributed by atoms with Crippen molar-refractivity contribution >= 4 is 0 Å². The Morgan fingerprint density at radius 1 is 1.31 bits per heavy atom. The summed E-state index contributed by atoms with van der Waals surface area (Å²) in [4.78, 5) is 0. The SMILES string of the molecule is CCCC[n+]1ccc(CN)cc1.[I-]. The van der Waals surface area contributed by atoms with Crippen LogP contribution in [0.3, 0.4) is 0 Å². The minimum Gasteiger partial charge on any atom is -1.00 e. The molecule has 0 aromatic carbocycles. The molecule has 0 amide bonds. The van der Waals surface area contributed by atoms with Crippen LogP contribution in [-0.4, -0.2) is 0 Å². The number of unbranched alkanes of at least 4 members (excludes halogenated alkanes) is 1. The van der Waals surface area contributed by atoms with Crippen molar-refractivity contribution in [3.8, 4) is 0 Å². The van der Waals surface area contributed by atoms with Gasteiger partial charge in [0.05, 0.1) is 0 Å². The van der Waals surface area contributed by atoms with Crippen LogP contribution >= 0.6 is 0 Å². The minimum absolute atomic E-state index is 0. The molecule has 1 rings (SSSR count). The van der Waals surface area contributed by atoms with E-state index in [-0.39, 0.29) is 24.0 Å². The highest BCUT2D eigenvalue weighted by Crippen LogP contribution is 1.93. The normalized spacial score (nSPS) is 9.38. The van der Waals surface area contributed by atoms with Crippen molar-refractivity contribution in [2.75, 3.05) is 0 Å². The van der Waals surface area contributed by atoms with E-state index in [9.17, 15) is 0 Å². The molecule has 0 saturated carbocycles. The fourth-order valence-corrected chi connectivity index (χ4v) is 1.11. The van der Waals surface area contributed by atoms with Gasteiger partial charge in [-0.15, -0.1) is 0 Å². The maximum atomic E-state index is 5.49. The van der Waals surface area contributed by atoms with Crippen LogP contribution in [0.4, 0.5) is 0 Å². The lowest BCUT2D eigenvalue weighted by Crippen LogP contribution is -3.00. The summed E-state index contributed by atoms with van der Waals surface area (Å²) in [6.07, 6.45) is 6.67. The number of hydrogen-bond acceptors (Lipinski definition) is 1. The highest BCUT2D eigenvalue weighted by molar-refractivity contribution is 5.05. The van der Waals surface area contributed by atoms with E-state index in [0.717, 1.165) is 6.54 Å². The first-order valence-electron chi connectivity index (χ1n) is 4.55. The summed E-state index contributed by atoms with van der Waals surface area (Å²) in [6, 6.07) is 4.16. The van der Waals surface area contributed by atoms with Gasteiger partial charge >= 0.3 is 0 Å². The lowest BCUT2D eigenvalue weighted by molar-refractivity contribution is -0.697. The Labute approximate surface area is 97.2 Å². The monoisotopic (exact) mass is 292 g/mol. The highest BCUT2D eigenvalue weighted by Gasteiger charge is 1.97. The third-order valence-electron chi connectivity index (χ3n) is 1.97. The lowest BCUT2D eigenvalue weighted by atomic mass is 10.2. The van der Waals surface area contributed by atoms with Gasteiger partial charge in [0.2, 0.25) is 0 Å². The number of pyridine rings is 1. The van der Waals surface area contributed by atoms with Gasteiger partial charge in [-0.2, -0.15) is 0 Å². The van der Waals surface area contributed by atoms with Crippen LogP contribution in [0, 0.1) is 0 Å². The van der Waals surface area contributed by atoms with Crippen molar-refractivity contribution in [1.82, 2.24) is 0 Å². The van der Waals surface area contributed by atoms with Gasteiger partial charge in [0, 0.05) is 25.1 Å². The number of nitrogens with two attached hydrogens (primary N) is 1. The van der Waals surface area contributed by atoms with E-state index < -0.39 is 0 Å². The Hall–Kier alpha value is -0.160. The fraction of sp³-hybridized carbons (Fsp3) is 0.500. The molecular weight excluding hydrogens is 275 g/mol. The van der Waals surface area contributed by atoms with Crippen LogP contribution < -0.4 is 34.3 Å². The van der Waals surface area contributed by atoms with E-state index in [1.165, 1.54) is 18.4 Å². The second kappa shape index (κ2) is 7.26. The molecule has 1 heterocycles. The maximum absolute atomic E-state index is 5.49. The van der Waals surface area contributed by atoms with E-state index in [0.29, 0.717) is 6.54 Å². The van der Waals surface area contributed by atoms with E-state index in [2.05, 4.69) is 36.0 Å². The van der Waals surface area contributed by atoms with Gasteiger partial charge in [-0.05, 0) is 5.56 Å². The van der Waals surface area contributed by atoms with E-state index >= 15 is 0 Å². The van der Waals surface area contributed by atoms with Crippen molar-refractivity contribution in [2.45, 2.75) is 32.9 Å². The summed E-state index contributed by atoms with van der Waals surface area (Å²) in [7, 11) is 0. The molecule has 0 aliphatic carbocycles. The van der Waals surface area contributed by atoms with E-state index in [4.69, 9.17) is 5.73 Å². The quantitative estimate of drug-likeness (QED) is 0.517. The highest BCUT2D eigenvalue weighted by atomic mass is 127. The Morgan fingerprint density at radius 3 is 2.38 bits per heavy atom. The lowest BCUT2D eigenvalue weighted by Gasteiger charge is -1.96. The number of rotatable bonds is 4. The van der Waals surface area contributed by atoms with Crippen molar-refractivity contribution in [1.29, 1.82) is 0 Å². The molecule has 2 nitrogen and oxygen atoms in total. The molecule has 0 unspecified atom stereocenters. The molecule has 0 saturated heterocycles. The minimum atomic E-state index is 0. The molecule has 0 atom stereocenters. The number of aromatic nitrogens is 1. The second-order valence-corrected chi connectivity index (χ2v) is 3.00. The van der Waals surface area contributed by atoms with E-state index in [1.54, 1.807) is 0 Å². The zero-order valence-corrected chi connectivity index (χ0v) is 10.2. The summed E-state index contributed by atoms with van der Waals surface area (Å²) in [5.41, 5.74) is 6.69. The molecule has 0 aliphatic heterocycles. The number of halogens is 1. The molecule has 0 bridgehead atoms. The predicted molar refractivity (Wildman–Crippen MR) is 49.4 cm³/mol. The summed E-state index contributed by atoms with van der Waals surface area (Å²) >= 11 is 0. The number of nitrogens with zero attached hydrogens (tertiary/aromatic N) is 1. The first-order valence-corrected chi connectivity index (χ1v) is 4.55. The zero-order chi connectivity index (χ0) is 8.81. The Morgan fingerprint density at radius 2 is 1.92 bits per heavy atom. The van der Waals surface area contributed by atoms with Crippen LogP contribution in [0.5, 0.6) is 0 Å². The molecule has 3 heteroatoms. The molecule has 0 spiro atoms. The number of hydrogen-bond donors (Lipinski definition) is 1. The van der Waals surface area contributed by atoms with Gasteiger partial charge in [-0.3, -0.25) is 0 Å². The maximum Gasteiger partial charge on any atom is 0.169 e. The molecule has 0 aliphatic rings. The first-order chi connectivity index (χ1) is 5.86. The smallest absolute Gasteiger partial charge is 0.169 e. The van der Waals surface area contributed by atoms with Gasteiger partial charge in [0.25, 0.3) is 0 Å². The number of aryl methyl sites for hydroxylation is 1. The molecule has 0 radical (unpaired) electrons. The zero-order valence-electron chi connectivity index (χ0n) is 8.04. The topological polar surface area (TPSA) is 29.9 Å².